The molecule has 1 aliphatic rings. The summed E-state index contributed by atoms with van der Waals surface area (Å²) < 4.78 is 16.3. The molecule has 0 aliphatic heterocycles. The minimum atomic E-state index is -0.866. The Hall–Kier alpha value is -2.50. The molecule has 0 saturated carbocycles. The molecule has 1 aromatic rings. The summed E-state index contributed by atoms with van der Waals surface area (Å²) in [6, 6.07) is 4.86. The molecule has 0 fully saturated rings. The van der Waals surface area contributed by atoms with E-state index in [9.17, 15) is 9.59 Å². The van der Waals surface area contributed by atoms with Crippen LogP contribution in [-0.2, 0) is 9.53 Å². The Morgan fingerprint density at radius 2 is 1.86 bits per heavy atom. The second-order valence-electron chi connectivity index (χ2n) is 6.72. The number of carbonyl (C=O) groups excluding carboxylic acids is 2. The highest BCUT2D eigenvalue weighted by Crippen LogP contribution is 2.29. The first-order valence-corrected chi connectivity index (χ1v) is 10.1. The summed E-state index contributed by atoms with van der Waals surface area (Å²) in [5.74, 6) is 0.197. The van der Waals surface area contributed by atoms with Crippen LogP contribution in [0.5, 0.6) is 11.5 Å². The summed E-state index contributed by atoms with van der Waals surface area (Å²) in [7, 11) is 0. The molecule has 1 N–H and O–H groups in total. The number of hydrogen-bond donors (Lipinski definition) is 1. The van der Waals surface area contributed by atoms with Gasteiger partial charge in [0.25, 0.3) is 5.91 Å². The number of carbonyl (C=O) groups is 2. The molecule has 0 unspecified atom stereocenters. The van der Waals surface area contributed by atoms with Crippen molar-refractivity contribution in [3.05, 3.63) is 35.4 Å². The van der Waals surface area contributed by atoms with Gasteiger partial charge in [0.1, 0.15) is 0 Å². The molecule has 0 bridgehead atoms. The number of hydrogen-bond acceptors (Lipinski definition) is 5. The Balaban J connectivity index is 1.87. The fourth-order valence-corrected chi connectivity index (χ4v) is 3.08. The van der Waals surface area contributed by atoms with E-state index in [0.717, 1.165) is 19.3 Å². The van der Waals surface area contributed by atoms with Crippen molar-refractivity contribution in [2.45, 2.75) is 59.0 Å². The maximum Gasteiger partial charge on any atom is 0.339 e. The number of ether oxygens (including phenoxy) is 3. The first kappa shape index (κ1) is 21.8. The average Bonchev–Trinajstić information content (AvgIpc) is 2.70. The molecule has 1 aromatic carbocycles. The second kappa shape index (κ2) is 11.4. The number of amides is 1. The topological polar surface area (TPSA) is 73.9 Å². The minimum Gasteiger partial charge on any atom is -0.490 e. The summed E-state index contributed by atoms with van der Waals surface area (Å²) in [6.45, 7) is 6.82. The predicted molar refractivity (Wildman–Crippen MR) is 108 cm³/mol. The maximum absolute atomic E-state index is 12.4. The van der Waals surface area contributed by atoms with Crippen molar-refractivity contribution in [2.75, 3.05) is 19.8 Å². The Bertz CT molecular complexity index is 698. The van der Waals surface area contributed by atoms with Gasteiger partial charge >= 0.3 is 5.97 Å². The van der Waals surface area contributed by atoms with Gasteiger partial charge in [0.15, 0.2) is 17.6 Å². The van der Waals surface area contributed by atoms with Gasteiger partial charge in [-0.1, -0.05) is 11.6 Å². The van der Waals surface area contributed by atoms with Crippen molar-refractivity contribution in [2.24, 2.45) is 0 Å². The Morgan fingerprint density at radius 1 is 1.11 bits per heavy atom. The summed E-state index contributed by atoms with van der Waals surface area (Å²) >= 11 is 0. The molecule has 0 heterocycles. The zero-order valence-electron chi connectivity index (χ0n) is 17.1. The van der Waals surface area contributed by atoms with Gasteiger partial charge < -0.3 is 19.5 Å². The lowest BCUT2D eigenvalue weighted by atomic mass is 9.97. The van der Waals surface area contributed by atoms with E-state index < -0.39 is 12.1 Å². The van der Waals surface area contributed by atoms with Gasteiger partial charge in [-0.3, -0.25) is 4.79 Å². The van der Waals surface area contributed by atoms with Crippen LogP contribution in [0.1, 0.15) is 63.2 Å². The Morgan fingerprint density at radius 3 is 2.54 bits per heavy atom. The zero-order chi connectivity index (χ0) is 20.4. The van der Waals surface area contributed by atoms with E-state index in [0.29, 0.717) is 36.8 Å². The molecule has 0 saturated heterocycles. The van der Waals surface area contributed by atoms with Crippen molar-refractivity contribution in [3.8, 4) is 11.5 Å². The first-order chi connectivity index (χ1) is 13.5. The quantitative estimate of drug-likeness (QED) is 0.483. The summed E-state index contributed by atoms with van der Waals surface area (Å²) in [5, 5.41) is 2.84. The SMILES string of the molecule is CCOc1ccc(C(=O)O[C@@H](C)C(=O)NCCC2=CCCCC2)cc1OCC. The van der Waals surface area contributed by atoms with Crippen LogP contribution in [0.3, 0.4) is 0 Å². The Labute approximate surface area is 167 Å². The van der Waals surface area contributed by atoms with E-state index in [1.165, 1.54) is 18.4 Å². The fraction of sp³-hybridized carbons (Fsp3) is 0.545. The molecular weight excluding hydrogens is 358 g/mol. The van der Waals surface area contributed by atoms with Crippen LogP contribution < -0.4 is 14.8 Å². The van der Waals surface area contributed by atoms with Gasteiger partial charge in [-0.05, 0) is 71.1 Å². The highest BCUT2D eigenvalue weighted by molar-refractivity contribution is 5.92. The van der Waals surface area contributed by atoms with Crippen LogP contribution in [-0.4, -0.2) is 37.7 Å². The minimum absolute atomic E-state index is 0.291. The molecule has 6 nitrogen and oxygen atoms in total. The second-order valence-corrected chi connectivity index (χ2v) is 6.72. The van der Waals surface area contributed by atoms with E-state index in [1.807, 2.05) is 13.8 Å². The van der Waals surface area contributed by atoms with E-state index >= 15 is 0 Å². The van der Waals surface area contributed by atoms with Gasteiger partial charge in [0, 0.05) is 6.54 Å². The number of rotatable bonds is 10. The third-order valence-corrected chi connectivity index (χ3v) is 4.56. The van der Waals surface area contributed by atoms with Crippen LogP contribution in [0.25, 0.3) is 0 Å². The first-order valence-electron chi connectivity index (χ1n) is 10.1. The van der Waals surface area contributed by atoms with Crippen LogP contribution in [0, 0.1) is 0 Å². The maximum atomic E-state index is 12.4. The van der Waals surface area contributed by atoms with Gasteiger partial charge in [0.05, 0.1) is 18.8 Å². The summed E-state index contributed by atoms with van der Waals surface area (Å²) in [6.07, 6.45) is 6.96. The molecule has 154 valence electrons. The Kier molecular flexibility index (Phi) is 8.85. The number of nitrogens with one attached hydrogen (secondary N) is 1. The van der Waals surface area contributed by atoms with Crippen LogP contribution in [0.15, 0.2) is 29.8 Å². The lowest BCUT2D eigenvalue weighted by molar-refractivity contribution is -0.129. The molecule has 1 atom stereocenters. The van der Waals surface area contributed by atoms with Gasteiger partial charge in [0.2, 0.25) is 0 Å². The number of benzene rings is 1. The molecule has 0 radical (unpaired) electrons. The largest absolute Gasteiger partial charge is 0.490 e. The monoisotopic (exact) mass is 389 g/mol. The predicted octanol–water partition coefficient (Wildman–Crippen LogP) is 4.04. The summed E-state index contributed by atoms with van der Waals surface area (Å²) in [5.41, 5.74) is 1.72. The van der Waals surface area contributed by atoms with Gasteiger partial charge in [-0.25, -0.2) is 4.79 Å². The van der Waals surface area contributed by atoms with E-state index in [1.54, 1.807) is 25.1 Å². The number of allylic oxidation sites excluding steroid dienone is 1. The van der Waals surface area contributed by atoms with Crippen molar-refractivity contribution in [3.63, 3.8) is 0 Å². The van der Waals surface area contributed by atoms with Crippen molar-refractivity contribution in [1.29, 1.82) is 0 Å². The molecule has 0 spiro atoms. The van der Waals surface area contributed by atoms with Crippen molar-refractivity contribution < 1.29 is 23.8 Å². The zero-order valence-corrected chi connectivity index (χ0v) is 17.1. The molecule has 0 aromatic heterocycles. The van der Waals surface area contributed by atoms with E-state index in [-0.39, 0.29) is 5.91 Å². The normalized spacial score (nSPS) is 14.6. The van der Waals surface area contributed by atoms with Crippen LogP contribution in [0.4, 0.5) is 0 Å². The smallest absolute Gasteiger partial charge is 0.339 e. The van der Waals surface area contributed by atoms with E-state index in [4.69, 9.17) is 14.2 Å². The lowest BCUT2D eigenvalue weighted by Crippen LogP contribution is -2.36. The van der Waals surface area contributed by atoms with Crippen LogP contribution >= 0.6 is 0 Å². The third-order valence-electron chi connectivity index (χ3n) is 4.56. The molecule has 2 rings (SSSR count). The van der Waals surface area contributed by atoms with Crippen molar-refractivity contribution in [1.82, 2.24) is 5.32 Å². The highest BCUT2D eigenvalue weighted by Gasteiger charge is 2.20. The molecule has 6 heteroatoms. The van der Waals surface area contributed by atoms with E-state index in [2.05, 4.69) is 11.4 Å². The van der Waals surface area contributed by atoms with Crippen molar-refractivity contribution >= 4 is 11.9 Å². The summed E-state index contributed by atoms with van der Waals surface area (Å²) in [4.78, 5) is 24.6. The van der Waals surface area contributed by atoms with Crippen LogP contribution in [0.2, 0.25) is 0 Å². The highest BCUT2D eigenvalue weighted by atomic mass is 16.5. The lowest BCUT2D eigenvalue weighted by Gasteiger charge is -2.16. The third kappa shape index (κ3) is 6.59. The average molecular weight is 389 g/mol. The molecule has 28 heavy (non-hydrogen) atoms. The molecule has 1 aliphatic carbocycles. The van der Waals surface area contributed by atoms with Gasteiger partial charge in [-0.15, -0.1) is 0 Å². The molecular formula is C22H31NO5. The standard InChI is InChI=1S/C22H31NO5/c1-4-26-19-12-11-18(15-20(19)27-5-2)22(25)28-16(3)21(24)23-14-13-17-9-7-6-8-10-17/h9,11-12,15-16H,4-8,10,13-14H2,1-3H3,(H,23,24)/t16-/m0/s1. The van der Waals surface area contributed by atoms with Gasteiger partial charge in [-0.2, -0.15) is 0 Å². The fourth-order valence-electron chi connectivity index (χ4n) is 3.08. The molecule has 1 amide bonds. The number of esters is 1.